The number of amides is 1. The van der Waals surface area contributed by atoms with Crippen LogP contribution in [0, 0.1) is 32.1 Å². The van der Waals surface area contributed by atoms with Crippen LogP contribution < -0.4 is 10.1 Å². The first-order chi connectivity index (χ1) is 12.0. The summed E-state index contributed by atoms with van der Waals surface area (Å²) in [6, 6.07) is 7.63. The number of carbonyl (C=O) groups is 1. The highest BCUT2D eigenvalue weighted by Crippen LogP contribution is 2.33. The fraction of sp³-hybridized carbons (Fsp3) is 0.263. The van der Waals surface area contributed by atoms with Crippen LogP contribution in [0.3, 0.4) is 0 Å². The molecule has 1 amide bonds. The van der Waals surface area contributed by atoms with Gasteiger partial charge in [-0.3, -0.25) is 4.79 Å². The molecule has 2 aromatic heterocycles. The second-order valence-electron chi connectivity index (χ2n) is 5.70. The number of nitriles is 1. The van der Waals surface area contributed by atoms with Gasteiger partial charge in [0.05, 0.1) is 12.2 Å². The van der Waals surface area contributed by atoms with Crippen LogP contribution in [0.25, 0.3) is 11.0 Å². The highest BCUT2D eigenvalue weighted by atomic mass is 32.1. The molecule has 0 fully saturated rings. The molecule has 0 spiro atoms. The Balaban J connectivity index is 1.96. The third-order valence-electron chi connectivity index (χ3n) is 4.15. The summed E-state index contributed by atoms with van der Waals surface area (Å²) < 4.78 is 11.2. The number of benzene rings is 1. The Morgan fingerprint density at radius 3 is 2.76 bits per heavy atom. The lowest BCUT2D eigenvalue weighted by Crippen LogP contribution is -2.12. The zero-order valence-electron chi connectivity index (χ0n) is 14.5. The third kappa shape index (κ3) is 2.99. The number of aryl methyl sites for hydroxylation is 2. The van der Waals surface area contributed by atoms with Gasteiger partial charge in [-0.05, 0) is 51.5 Å². The van der Waals surface area contributed by atoms with E-state index in [0.29, 0.717) is 22.8 Å². The number of nitrogens with zero attached hydrogens (tertiary/aromatic N) is 1. The number of thiophene rings is 1. The van der Waals surface area contributed by atoms with Crippen molar-refractivity contribution in [2.45, 2.75) is 27.7 Å². The summed E-state index contributed by atoms with van der Waals surface area (Å²) in [5, 5.41) is 13.5. The van der Waals surface area contributed by atoms with Crippen LogP contribution in [-0.4, -0.2) is 12.5 Å². The first kappa shape index (κ1) is 17.1. The molecule has 0 atom stereocenters. The summed E-state index contributed by atoms with van der Waals surface area (Å²) in [4.78, 5) is 13.7. The van der Waals surface area contributed by atoms with E-state index in [9.17, 15) is 10.1 Å². The molecule has 0 saturated carbocycles. The predicted octanol–water partition coefficient (Wildman–Crippen LogP) is 4.94. The molecule has 25 heavy (non-hydrogen) atoms. The predicted molar refractivity (Wildman–Crippen MR) is 98.6 cm³/mol. The summed E-state index contributed by atoms with van der Waals surface area (Å²) in [7, 11) is 0. The molecule has 0 aliphatic carbocycles. The summed E-state index contributed by atoms with van der Waals surface area (Å²) in [6.07, 6.45) is 0. The molecule has 0 aliphatic rings. The van der Waals surface area contributed by atoms with Gasteiger partial charge in [0.2, 0.25) is 0 Å². The number of rotatable bonds is 4. The van der Waals surface area contributed by atoms with Crippen molar-refractivity contribution in [2.75, 3.05) is 11.9 Å². The molecule has 5 nitrogen and oxygen atoms in total. The number of ether oxygens (including phenoxy) is 1. The smallest absolute Gasteiger partial charge is 0.292 e. The molecule has 3 aromatic rings. The number of hydrogen-bond donors (Lipinski definition) is 1. The van der Waals surface area contributed by atoms with E-state index in [2.05, 4.69) is 11.4 Å². The summed E-state index contributed by atoms with van der Waals surface area (Å²) >= 11 is 1.39. The van der Waals surface area contributed by atoms with Gasteiger partial charge in [0, 0.05) is 15.8 Å². The van der Waals surface area contributed by atoms with Crippen LogP contribution in [0.2, 0.25) is 0 Å². The maximum Gasteiger partial charge on any atom is 0.292 e. The summed E-state index contributed by atoms with van der Waals surface area (Å²) in [6.45, 7) is 8.14. The van der Waals surface area contributed by atoms with Gasteiger partial charge in [-0.25, -0.2) is 0 Å². The summed E-state index contributed by atoms with van der Waals surface area (Å²) in [5.41, 5.74) is 2.77. The third-order valence-corrected chi connectivity index (χ3v) is 5.27. The fourth-order valence-electron chi connectivity index (χ4n) is 2.68. The van der Waals surface area contributed by atoms with Gasteiger partial charge in [0.15, 0.2) is 5.76 Å². The second kappa shape index (κ2) is 6.61. The highest BCUT2D eigenvalue weighted by molar-refractivity contribution is 7.16. The van der Waals surface area contributed by atoms with E-state index in [0.717, 1.165) is 27.1 Å². The quantitative estimate of drug-likeness (QED) is 0.720. The number of anilines is 1. The van der Waals surface area contributed by atoms with Crippen LogP contribution in [-0.2, 0) is 0 Å². The van der Waals surface area contributed by atoms with Crippen LogP contribution in [0.5, 0.6) is 5.75 Å². The normalized spacial score (nSPS) is 10.7. The monoisotopic (exact) mass is 354 g/mol. The van der Waals surface area contributed by atoms with Crippen molar-refractivity contribution in [2.24, 2.45) is 0 Å². The van der Waals surface area contributed by atoms with Gasteiger partial charge in [-0.2, -0.15) is 5.26 Å². The molecule has 0 saturated heterocycles. The number of nitrogens with one attached hydrogen (secondary N) is 1. The lowest BCUT2D eigenvalue weighted by molar-refractivity contribution is 0.0998. The van der Waals surface area contributed by atoms with Crippen LogP contribution in [0.4, 0.5) is 5.00 Å². The van der Waals surface area contributed by atoms with E-state index in [1.54, 1.807) is 6.07 Å². The maximum atomic E-state index is 12.7. The van der Waals surface area contributed by atoms with Crippen molar-refractivity contribution in [1.29, 1.82) is 5.26 Å². The Morgan fingerprint density at radius 1 is 1.32 bits per heavy atom. The average molecular weight is 354 g/mol. The van der Waals surface area contributed by atoms with Crippen molar-refractivity contribution < 1.29 is 13.9 Å². The van der Waals surface area contributed by atoms with E-state index in [4.69, 9.17) is 9.15 Å². The number of hydrogen-bond acceptors (Lipinski definition) is 5. The minimum Gasteiger partial charge on any atom is -0.494 e. The minimum absolute atomic E-state index is 0.247. The Morgan fingerprint density at radius 2 is 2.08 bits per heavy atom. The molecule has 6 heteroatoms. The molecule has 1 aromatic carbocycles. The molecule has 0 unspecified atom stereocenters. The average Bonchev–Trinajstić information content (AvgIpc) is 3.05. The molecule has 1 N–H and O–H groups in total. The standard InChI is InChI=1S/C19H18N2O3S/c1-5-23-13-6-7-16-14(8-13)11(3)17(24-16)18(22)21-19-15(9-20)10(2)12(4)25-19/h6-8H,5H2,1-4H3,(H,21,22). The van der Waals surface area contributed by atoms with E-state index in [1.807, 2.05) is 39.8 Å². The van der Waals surface area contributed by atoms with E-state index < -0.39 is 0 Å². The first-order valence-corrected chi connectivity index (χ1v) is 8.75. The zero-order chi connectivity index (χ0) is 18.1. The summed E-state index contributed by atoms with van der Waals surface area (Å²) in [5.74, 6) is 0.628. The Labute approximate surface area is 149 Å². The van der Waals surface area contributed by atoms with Crippen LogP contribution >= 0.6 is 11.3 Å². The number of fused-ring (bicyclic) bond motifs is 1. The maximum absolute atomic E-state index is 12.7. The van der Waals surface area contributed by atoms with Crippen molar-refractivity contribution in [3.8, 4) is 11.8 Å². The van der Waals surface area contributed by atoms with Crippen molar-refractivity contribution >= 4 is 33.2 Å². The number of furan rings is 1. The van der Waals surface area contributed by atoms with Gasteiger partial charge >= 0.3 is 0 Å². The van der Waals surface area contributed by atoms with Crippen LogP contribution in [0.1, 0.15) is 39.0 Å². The lowest BCUT2D eigenvalue weighted by atomic mass is 10.1. The number of carbonyl (C=O) groups excluding carboxylic acids is 1. The van der Waals surface area contributed by atoms with Crippen molar-refractivity contribution in [3.05, 3.63) is 45.5 Å². The van der Waals surface area contributed by atoms with Gasteiger partial charge in [-0.1, -0.05) is 0 Å². The van der Waals surface area contributed by atoms with Gasteiger partial charge in [-0.15, -0.1) is 11.3 Å². The van der Waals surface area contributed by atoms with Crippen molar-refractivity contribution in [3.63, 3.8) is 0 Å². The Kier molecular flexibility index (Phi) is 4.51. The highest BCUT2D eigenvalue weighted by Gasteiger charge is 2.21. The van der Waals surface area contributed by atoms with Crippen LogP contribution in [0.15, 0.2) is 22.6 Å². The molecule has 128 valence electrons. The SMILES string of the molecule is CCOc1ccc2oc(C(=O)Nc3sc(C)c(C)c3C#N)c(C)c2c1. The van der Waals surface area contributed by atoms with E-state index >= 15 is 0 Å². The minimum atomic E-state index is -0.357. The molecule has 2 heterocycles. The van der Waals surface area contributed by atoms with Gasteiger partial charge in [0.1, 0.15) is 22.4 Å². The van der Waals surface area contributed by atoms with Crippen molar-refractivity contribution in [1.82, 2.24) is 0 Å². The Hall–Kier alpha value is -2.78. The van der Waals surface area contributed by atoms with Gasteiger partial charge in [0.25, 0.3) is 5.91 Å². The first-order valence-electron chi connectivity index (χ1n) is 7.93. The van der Waals surface area contributed by atoms with Gasteiger partial charge < -0.3 is 14.5 Å². The van der Waals surface area contributed by atoms with E-state index in [1.165, 1.54) is 11.3 Å². The molecule has 3 rings (SSSR count). The largest absolute Gasteiger partial charge is 0.494 e. The molecular weight excluding hydrogens is 336 g/mol. The molecule has 0 radical (unpaired) electrons. The van der Waals surface area contributed by atoms with E-state index in [-0.39, 0.29) is 11.7 Å². The fourth-order valence-corrected chi connectivity index (χ4v) is 3.69. The zero-order valence-corrected chi connectivity index (χ0v) is 15.3. The molecule has 0 bridgehead atoms. The molecular formula is C19H18N2O3S. The topological polar surface area (TPSA) is 75.3 Å². The second-order valence-corrected chi connectivity index (χ2v) is 6.93. The molecule has 0 aliphatic heterocycles. The Bertz CT molecular complexity index is 1010. The lowest BCUT2D eigenvalue weighted by Gasteiger charge is -2.02.